The molecule has 1 amide bonds. The Balaban J connectivity index is 1.35. The molecule has 3 heterocycles. The minimum Gasteiger partial charge on any atom is -0.486 e. The van der Waals surface area contributed by atoms with Crippen LogP contribution in [-0.2, 0) is 4.79 Å². The van der Waals surface area contributed by atoms with E-state index in [9.17, 15) is 4.79 Å². The average molecular weight is 388 g/mol. The summed E-state index contributed by atoms with van der Waals surface area (Å²) in [7, 11) is 0. The molecule has 5 rings (SSSR count). The molecular formula is C21H16N4O4. The molecule has 1 unspecified atom stereocenters. The summed E-state index contributed by atoms with van der Waals surface area (Å²) in [5, 5.41) is 13.0. The maximum absolute atomic E-state index is 12.6. The van der Waals surface area contributed by atoms with Gasteiger partial charge in [-0.15, -0.1) is 0 Å². The smallest absolute Gasteiger partial charge is 0.257 e. The zero-order valence-corrected chi connectivity index (χ0v) is 15.4. The summed E-state index contributed by atoms with van der Waals surface area (Å²) in [5.41, 5.74) is 2.05. The topological polar surface area (TPSA) is 101 Å². The third-order valence-electron chi connectivity index (χ3n) is 5.03. The third kappa shape index (κ3) is 3.17. The number of nitrogens with zero attached hydrogens (tertiary/aromatic N) is 4. The number of hydrogen-bond acceptors (Lipinski definition) is 7. The van der Waals surface area contributed by atoms with E-state index in [2.05, 4.69) is 16.2 Å². The maximum atomic E-state index is 12.6. The van der Waals surface area contributed by atoms with Crippen LogP contribution in [0.25, 0.3) is 11.5 Å². The van der Waals surface area contributed by atoms with Gasteiger partial charge in [0.05, 0.1) is 11.6 Å². The first kappa shape index (κ1) is 17.3. The lowest BCUT2D eigenvalue weighted by Gasteiger charge is -2.22. The fourth-order valence-corrected chi connectivity index (χ4v) is 3.54. The summed E-state index contributed by atoms with van der Waals surface area (Å²) in [5.74, 6) is 2.04. The van der Waals surface area contributed by atoms with E-state index in [1.54, 1.807) is 29.2 Å². The lowest BCUT2D eigenvalue weighted by molar-refractivity contribution is -0.117. The lowest BCUT2D eigenvalue weighted by atomic mass is 10.1. The van der Waals surface area contributed by atoms with Crippen molar-refractivity contribution in [2.24, 2.45) is 0 Å². The molecule has 0 spiro atoms. The highest BCUT2D eigenvalue weighted by Crippen LogP contribution is 2.37. The van der Waals surface area contributed by atoms with Crippen LogP contribution in [-0.4, -0.2) is 35.8 Å². The van der Waals surface area contributed by atoms with Crippen LogP contribution in [0.2, 0.25) is 0 Å². The molecule has 0 bridgehead atoms. The zero-order valence-electron chi connectivity index (χ0n) is 15.4. The quantitative estimate of drug-likeness (QED) is 0.680. The molecule has 0 radical (unpaired) electrons. The van der Waals surface area contributed by atoms with E-state index in [1.165, 1.54) is 0 Å². The van der Waals surface area contributed by atoms with Gasteiger partial charge >= 0.3 is 0 Å². The Labute approximate surface area is 166 Å². The second-order valence-corrected chi connectivity index (χ2v) is 6.88. The van der Waals surface area contributed by atoms with E-state index >= 15 is 0 Å². The summed E-state index contributed by atoms with van der Waals surface area (Å²) < 4.78 is 16.5. The summed E-state index contributed by atoms with van der Waals surface area (Å²) in [6.07, 6.45) is 0.306. The Kier molecular flexibility index (Phi) is 4.13. The number of fused-ring (bicyclic) bond motifs is 1. The normalized spacial score (nSPS) is 18.0. The van der Waals surface area contributed by atoms with Crippen LogP contribution in [0.1, 0.15) is 23.7 Å². The molecule has 1 aromatic heterocycles. The first-order chi connectivity index (χ1) is 14.2. The van der Waals surface area contributed by atoms with Gasteiger partial charge in [0.25, 0.3) is 5.89 Å². The molecule has 2 aliphatic heterocycles. The van der Waals surface area contributed by atoms with Crippen molar-refractivity contribution in [2.75, 3.05) is 24.7 Å². The monoisotopic (exact) mass is 388 g/mol. The van der Waals surface area contributed by atoms with Crippen molar-refractivity contribution in [3.8, 4) is 29.0 Å². The number of carbonyl (C=O) groups excluding carboxylic acids is 1. The molecule has 0 aliphatic carbocycles. The van der Waals surface area contributed by atoms with Crippen LogP contribution in [0.3, 0.4) is 0 Å². The van der Waals surface area contributed by atoms with Crippen LogP contribution in [0.5, 0.6) is 11.5 Å². The predicted octanol–water partition coefficient (Wildman–Crippen LogP) is 2.90. The number of amides is 1. The van der Waals surface area contributed by atoms with E-state index < -0.39 is 0 Å². The highest BCUT2D eigenvalue weighted by molar-refractivity contribution is 5.96. The summed E-state index contributed by atoms with van der Waals surface area (Å²) in [6, 6.07) is 14.5. The van der Waals surface area contributed by atoms with Gasteiger partial charge in [0.15, 0.2) is 17.3 Å². The highest BCUT2D eigenvalue weighted by atomic mass is 16.6. The Bertz CT molecular complexity index is 1120. The Hall–Kier alpha value is -3.86. The van der Waals surface area contributed by atoms with E-state index in [0.29, 0.717) is 55.0 Å². The first-order valence-corrected chi connectivity index (χ1v) is 9.25. The van der Waals surface area contributed by atoms with Crippen molar-refractivity contribution in [3.63, 3.8) is 0 Å². The number of rotatable bonds is 3. The molecule has 8 heteroatoms. The number of hydrogen-bond donors (Lipinski definition) is 0. The van der Waals surface area contributed by atoms with Crippen molar-refractivity contribution in [2.45, 2.75) is 12.3 Å². The molecular weight excluding hydrogens is 372 g/mol. The van der Waals surface area contributed by atoms with Crippen molar-refractivity contribution in [1.82, 2.24) is 10.1 Å². The number of nitriles is 1. The van der Waals surface area contributed by atoms with Gasteiger partial charge in [-0.2, -0.15) is 10.2 Å². The van der Waals surface area contributed by atoms with E-state index in [4.69, 9.17) is 19.3 Å². The standard InChI is InChI=1S/C21H16N4O4/c22-11-13-1-3-14(4-2-13)21-23-20(24-29-21)15-9-19(26)25(12-15)16-5-6-17-18(10-16)28-8-7-27-17/h1-6,10,15H,7-9,12H2. The first-order valence-electron chi connectivity index (χ1n) is 9.25. The molecule has 3 aromatic rings. The minimum absolute atomic E-state index is 0.00333. The van der Waals surface area contributed by atoms with Gasteiger partial charge in [0.1, 0.15) is 13.2 Å². The summed E-state index contributed by atoms with van der Waals surface area (Å²) in [6.45, 7) is 1.48. The number of ether oxygens (including phenoxy) is 2. The molecule has 144 valence electrons. The predicted molar refractivity (Wildman–Crippen MR) is 102 cm³/mol. The van der Waals surface area contributed by atoms with Gasteiger partial charge in [-0.1, -0.05) is 5.16 Å². The number of aromatic nitrogens is 2. The molecule has 0 N–H and O–H groups in total. The van der Waals surface area contributed by atoms with Crippen molar-refractivity contribution in [3.05, 3.63) is 53.9 Å². The summed E-state index contributed by atoms with van der Waals surface area (Å²) in [4.78, 5) is 18.8. The molecule has 2 aliphatic rings. The molecule has 1 fully saturated rings. The molecule has 0 saturated carbocycles. The fourth-order valence-electron chi connectivity index (χ4n) is 3.54. The van der Waals surface area contributed by atoms with E-state index in [-0.39, 0.29) is 11.8 Å². The molecule has 1 atom stereocenters. The van der Waals surface area contributed by atoms with Crippen LogP contribution < -0.4 is 14.4 Å². The average Bonchev–Trinajstić information content (AvgIpc) is 3.40. The highest BCUT2D eigenvalue weighted by Gasteiger charge is 2.35. The SMILES string of the molecule is N#Cc1ccc(-c2nc(C3CC(=O)N(c4ccc5c(c4)OCCO5)C3)no2)cc1. The van der Waals surface area contributed by atoms with Gasteiger partial charge in [-0.25, -0.2) is 0 Å². The van der Waals surface area contributed by atoms with Crippen molar-refractivity contribution >= 4 is 11.6 Å². The van der Waals surface area contributed by atoms with E-state index in [1.807, 2.05) is 18.2 Å². The summed E-state index contributed by atoms with van der Waals surface area (Å²) >= 11 is 0. The van der Waals surface area contributed by atoms with Crippen molar-refractivity contribution < 1.29 is 18.8 Å². The fraction of sp³-hybridized carbons (Fsp3) is 0.238. The van der Waals surface area contributed by atoms with E-state index in [0.717, 1.165) is 11.3 Å². The van der Waals surface area contributed by atoms with Crippen molar-refractivity contribution in [1.29, 1.82) is 5.26 Å². The van der Waals surface area contributed by atoms with Gasteiger partial charge in [-0.05, 0) is 36.4 Å². The second kappa shape index (κ2) is 6.95. The molecule has 2 aromatic carbocycles. The van der Waals surface area contributed by atoms with Gasteiger partial charge in [0, 0.05) is 36.2 Å². The minimum atomic E-state index is -0.161. The number of carbonyl (C=O) groups is 1. The molecule has 8 nitrogen and oxygen atoms in total. The van der Waals surface area contributed by atoms with Crippen LogP contribution in [0, 0.1) is 11.3 Å². The molecule has 29 heavy (non-hydrogen) atoms. The van der Waals surface area contributed by atoms with Gasteiger partial charge in [-0.3, -0.25) is 4.79 Å². The van der Waals surface area contributed by atoms with Crippen LogP contribution >= 0.6 is 0 Å². The molecule has 1 saturated heterocycles. The second-order valence-electron chi connectivity index (χ2n) is 6.88. The lowest BCUT2D eigenvalue weighted by Crippen LogP contribution is -2.25. The van der Waals surface area contributed by atoms with Crippen LogP contribution in [0.4, 0.5) is 5.69 Å². The largest absolute Gasteiger partial charge is 0.486 e. The Morgan fingerprint density at radius 1 is 1.07 bits per heavy atom. The van der Waals surface area contributed by atoms with Crippen LogP contribution in [0.15, 0.2) is 47.0 Å². The Morgan fingerprint density at radius 2 is 1.86 bits per heavy atom. The maximum Gasteiger partial charge on any atom is 0.257 e. The number of anilines is 1. The number of benzene rings is 2. The third-order valence-corrected chi connectivity index (χ3v) is 5.03. The van der Waals surface area contributed by atoms with Gasteiger partial charge in [0.2, 0.25) is 5.91 Å². The Morgan fingerprint density at radius 3 is 2.66 bits per heavy atom. The zero-order chi connectivity index (χ0) is 19.8. The van der Waals surface area contributed by atoms with Gasteiger partial charge < -0.3 is 18.9 Å².